The minimum Gasteiger partial charge on any atom is -0.381 e. The van der Waals surface area contributed by atoms with E-state index in [1.54, 1.807) is 6.20 Å². The molecule has 2 rings (SSSR count). The number of nitrogens with zero attached hydrogens (tertiary/aromatic N) is 2. The Kier molecular flexibility index (Phi) is 3.95. The Bertz CT molecular complexity index is 399. The molecule has 0 aromatic carbocycles. The summed E-state index contributed by atoms with van der Waals surface area (Å²) in [5.41, 5.74) is -0.135. The number of rotatable bonds is 1. The van der Waals surface area contributed by atoms with Crippen LogP contribution in [0.4, 0.5) is 5.82 Å². The van der Waals surface area contributed by atoms with Gasteiger partial charge in [0.2, 0.25) is 0 Å². The van der Waals surface area contributed by atoms with Crippen LogP contribution in [0, 0.1) is 0 Å². The second-order valence-electron chi connectivity index (χ2n) is 3.68. The molecule has 6 heteroatoms. The molecule has 0 amide bonds. The van der Waals surface area contributed by atoms with Crippen LogP contribution in [-0.4, -0.2) is 36.3 Å². The van der Waals surface area contributed by atoms with Crippen molar-refractivity contribution >= 4 is 21.7 Å². The third-order valence-corrected chi connectivity index (χ3v) is 2.88. The number of aromatic nitrogens is 2. The van der Waals surface area contributed by atoms with Crippen molar-refractivity contribution < 1.29 is 4.74 Å². The predicted octanol–water partition coefficient (Wildman–Crippen LogP) is 1.15. The van der Waals surface area contributed by atoms with Gasteiger partial charge >= 0.3 is 0 Å². The summed E-state index contributed by atoms with van der Waals surface area (Å²) in [6, 6.07) is 0. The highest BCUT2D eigenvalue weighted by Gasteiger charge is 2.14. The first-order valence-corrected chi connectivity index (χ1v) is 6.14. The Morgan fingerprint density at radius 3 is 2.75 bits per heavy atom. The summed E-state index contributed by atoms with van der Waals surface area (Å²) < 4.78 is 6.02. The predicted molar refractivity (Wildman–Crippen MR) is 64.8 cm³/mol. The molecule has 1 aromatic rings. The monoisotopic (exact) mass is 287 g/mol. The van der Waals surface area contributed by atoms with Crippen molar-refractivity contribution in [2.75, 3.05) is 31.2 Å². The van der Waals surface area contributed by atoms with Crippen LogP contribution < -0.4 is 10.5 Å². The molecule has 2 heterocycles. The first kappa shape index (κ1) is 11.6. The molecule has 5 nitrogen and oxygen atoms in total. The van der Waals surface area contributed by atoms with Crippen LogP contribution in [0.5, 0.6) is 0 Å². The molecule has 88 valence electrons. The van der Waals surface area contributed by atoms with Gasteiger partial charge in [0.05, 0.1) is 0 Å². The number of H-pyrrole nitrogens is 1. The molecule has 0 aliphatic carbocycles. The van der Waals surface area contributed by atoms with Crippen molar-refractivity contribution in [2.24, 2.45) is 0 Å². The van der Waals surface area contributed by atoms with Gasteiger partial charge in [-0.1, -0.05) is 0 Å². The van der Waals surface area contributed by atoms with E-state index in [2.05, 4.69) is 25.9 Å². The van der Waals surface area contributed by atoms with Crippen molar-refractivity contribution in [2.45, 2.75) is 12.8 Å². The highest BCUT2D eigenvalue weighted by Crippen LogP contribution is 2.11. The maximum Gasteiger partial charge on any atom is 0.290 e. The molecule has 1 fully saturated rings. The van der Waals surface area contributed by atoms with Crippen LogP contribution >= 0.6 is 15.9 Å². The van der Waals surface area contributed by atoms with E-state index in [9.17, 15) is 4.79 Å². The fourth-order valence-electron chi connectivity index (χ4n) is 1.73. The van der Waals surface area contributed by atoms with Gasteiger partial charge in [0.25, 0.3) is 5.56 Å². The van der Waals surface area contributed by atoms with Crippen molar-refractivity contribution in [1.29, 1.82) is 0 Å². The summed E-state index contributed by atoms with van der Waals surface area (Å²) in [6.07, 6.45) is 3.40. The molecule has 1 N–H and O–H groups in total. The Labute approximate surface area is 102 Å². The maximum absolute atomic E-state index is 11.7. The first-order valence-electron chi connectivity index (χ1n) is 5.35. The molecule has 1 aliphatic heterocycles. The SMILES string of the molecule is O=c1[nH]cc(Br)nc1N1CCCOCCC1. The average Bonchev–Trinajstić information content (AvgIpc) is 2.22. The fourth-order valence-corrected chi connectivity index (χ4v) is 2.01. The highest BCUT2D eigenvalue weighted by molar-refractivity contribution is 9.10. The fraction of sp³-hybridized carbons (Fsp3) is 0.600. The van der Waals surface area contributed by atoms with Gasteiger partial charge in [-0.2, -0.15) is 0 Å². The van der Waals surface area contributed by atoms with Crippen molar-refractivity contribution in [3.63, 3.8) is 0 Å². The third-order valence-electron chi connectivity index (χ3n) is 2.47. The summed E-state index contributed by atoms with van der Waals surface area (Å²) >= 11 is 3.27. The van der Waals surface area contributed by atoms with Gasteiger partial charge < -0.3 is 14.6 Å². The third kappa shape index (κ3) is 2.82. The Hall–Kier alpha value is -0.880. The summed E-state index contributed by atoms with van der Waals surface area (Å²) in [6.45, 7) is 3.13. The standard InChI is InChI=1S/C10H14BrN3O2/c11-8-7-12-10(15)9(13-8)14-3-1-5-16-6-2-4-14/h7H,1-6H2,(H,12,15). The number of nitrogens with one attached hydrogen (secondary N) is 1. The van der Waals surface area contributed by atoms with E-state index in [0.29, 0.717) is 10.4 Å². The number of hydrogen-bond acceptors (Lipinski definition) is 4. The average molecular weight is 288 g/mol. The van der Waals surface area contributed by atoms with Gasteiger partial charge in [0.1, 0.15) is 4.60 Å². The molecule has 1 aliphatic rings. The zero-order valence-corrected chi connectivity index (χ0v) is 10.5. The Morgan fingerprint density at radius 2 is 2.06 bits per heavy atom. The van der Waals surface area contributed by atoms with Crippen LogP contribution in [0.15, 0.2) is 15.6 Å². The van der Waals surface area contributed by atoms with Gasteiger partial charge in [0.15, 0.2) is 5.82 Å². The minimum atomic E-state index is -0.135. The lowest BCUT2D eigenvalue weighted by molar-refractivity contribution is 0.124. The van der Waals surface area contributed by atoms with Crippen LogP contribution in [0.1, 0.15) is 12.8 Å². The van der Waals surface area contributed by atoms with Gasteiger partial charge in [-0.3, -0.25) is 4.79 Å². The molecule has 0 unspecified atom stereocenters. The lowest BCUT2D eigenvalue weighted by atomic mass is 10.3. The number of hydrogen-bond donors (Lipinski definition) is 1. The maximum atomic E-state index is 11.7. The first-order chi connectivity index (χ1) is 7.77. The smallest absolute Gasteiger partial charge is 0.290 e. The van der Waals surface area contributed by atoms with E-state index in [-0.39, 0.29) is 5.56 Å². The van der Waals surface area contributed by atoms with Gasteiger partial charge in [0, 0.05) is 32.5 Å². The van der Waals surface area contributed by atoms with Crippen LogP contribution in [-0.2, 0) is 4.74 Å². The number of ether oxygens (including phenoxy) is 1. The van der Waals surface area contributed by atoms with Gasteiger partial charge in [-0.05, 0) is 28.8 Å². The van der Waals surface area contributed by atoms with Gasteiger partial charge in [-0.15, -0.1) is 0 Å². The zero-order valence-electron chi connectivity index (χ0n) is 8.91. The molecule has 16 heavy (non-hydrogen) atoms. The van der Waals surface area contributed by atoms with Crippen molar-refractivity contribution in [3.05, 3.63) is 21.2 Å². The van der Waals surface area contributed by atoms with Crippen LogP contribution in [0.3, 0.4) is 0 Å². The summed E-state index contributed by atoms with van der Waals surface area (Å²) in [7, 11) is 0. The topological polar surface area (TPSA) is 58.2 Å². The highest BCUT2D eigenvalue weighted by atomic mass is 79.9. The quantitative estimate of drug-likeness (QED) is 0.842. The minimum absolute atomic E-state index is 0.135. The molecule has 0 bridgehead atoms. The molecule has 0 atom stereocenters. The largest absolute Gasteiger partial charge is 0.381 e. The van der Waals surface area contributed by atoms with Crippen molar-refractivity contribution in [1.82, 2.24) is 9.97 Å². The van der Waals surface area contributed by atoms with Gasteiger partial charge in [-0.25, -0.2) is 4.98 Å². The van der Waals surface area contributed by atoms with E-state index in [1.807, 2.05) is 4.90 Å². The van der Waals surface area contributed by atoms with Crippen LogP contribution in [0.2, 0.25) is 0 Å². The van der Waals surface area contributed by atoms with E-state index in [4.69, 9.17) is 4.74 Å². The molecular formula is C10H14BrN3O2. The number of anilines is 1. The summed E-state index contributed by atoms with van der Waals surface area (Å²) in [5, 5.41) is 0. The normalized spacial score (nSPS) is 17.9. The molecule has 0 radical (unpaired) electrons. The van der Waals surface area contributed by atoms with E-state index in [0.717, 1.165) is 39.1 Å². The second-order valence-corrected chi connectivity index (χ2v) is 4.49. The lowest BCUT2D eigenvalue weighted by Gasteiger charge is -2.24. The van der Waals surface area contributed by atoms with Crippen LogP contribution in [0.25, 0.3) is 0 Å². The second kappa shape index (κ2) is 5.45. The molecule has 1 saturated heterocycles. The number of halogens is 1. The van der Waals surface area contributed by atoms with E-state index in [1.165, 1.54) is 0 Å². The summed E-state index contributed by atoms with van der Waals surface area (Å²) in [4.78, 5) is 20.6. The molecular weight excluding hydrogens is 274 g/mol. The van der Waals surface area contributed by atoms with E-state index >= 15 is 0 Å². The Balaban J connectivity index is 2.20. The molecule has 0 saturated carbocycles. The Morgan fingerprint density at radius 1 is 1.38 bits per heavy atom. The summed E-state index contributed by atoms with van der Waals surface area (Å²) in [5.74, 6) is 0.497. The zero-order chi connectivity index (χ0) is 11.4. The lowest BCUT2D eigenvalue weighted by Crippen LogP contribution is -2.34. The van der Waals surface area contributed by atoms with Crippen molar-refractivity contribution in [3.8, 4) is 0 Å². The number of aromatic amines is 1. The van der Waals surface area contributed by atoms with E-state index < -0.39 is 0 Å². The molecule has 0 spiro atoms. The molecule has 1 aromatic heterocycles.